The molecule has 1 aromatic carbocycles. The van der Waals surface area contributed by atoms with Crippen molar-refractivity contribution >= 4 is 22.5 Å². The van der Waals surface area contributed by atoms with Gasteiger partial charge in [-0.3, -0.25) is 9.88 Å². The Morgan fingerprint density at radius 3 is 2.57 bits per heavy atom. The van der Waals surface area contributed by atoms with E-state index in [1.54, 1.807) is 12.4 Å². The first-order valence-electron chi connectivity index (χ1n) is 10.8. The van der Waals surface area contributed by atoms with E-state index in [1.807, 2.05) is 40.9 Å². The van der Waals surface area contributed by atoms with Crippen molar-refractivity contribution < 1.29 is 0 Å². The summed E-state index contributed by atoms with van der Waals surface area (Å²) >= 11 is 0. The van der Waals surface area contributed by atoms with Gasteiger partial charge in [-0.15, -0.1) is 5.10 Å². The molecule has 4 heterocycles. The first-order valence-corrected chi connectivity index (χ1v) is 10.8. The molecule has 0 bridgehead atoms. The van der Waals surface area contributed by atoms with Crippen molar-refractivity contribution in [1.29, 1.82) is 0 Å². The van der Waals surface area contributed by atoms with E-state index in [0.29, 0.717) is 17.9 Å². The van der Waals surface area contributed by atoms with E-state index in [1.165, 1.54) is 19.3 Å². The first kappa shape index (κ1) is 18.9. The molecule has 1 saturated heterocycles. The molecule has 1 fully saturated rings. The van der Waals surface area contributed by atoms with Crippen molar-refractivity contribution in [1.82, 2.24) is 29.5 Å². The summed E-state index contributed by atoms with van der Waals surface area (Å²) in [6.07, 6.45) is 7.41. The predicted octanol–water partition coefficient (Wildman–Crippen LogP) is 4.01. The Kier molecular flexibility index (Phi) is 5.04. The summed E-state index contributed by atoms with van der Waals surface area (Å²) in [5.74, 6) is 1.41. The van der Waals surface area contributed by atoms with Gasteiger partial charge in [0.1, 0.15) is 0 Å². The van der Waals surface area contributed by atoms with Gasteiger partial charge in [0.2, 0.25) is 5.95 Å². The van der Waals surface area contributed by atoms with Crippen molar-refractivity contribution in [3.05, 3.63) is 48.8 Å². The van der Waals surface area contributed by atoms with Crippen molar-refractivity contribution in [2.75, 3.05) is 18.4 Å². The number of piperidine rings is 1. The number of nitrogens with zero attached hydrogens (tertiary/aromatic N) is 6. The van der Waals surface area contributed by atoms with Gasteiger partial charge in [0.05, 0.1) is 5.52 Å². The summed E-state index contributed by atoms with van der Waals surface area (Å²) in [5, 5.41) is 9.29. The zero-order valence-corrected chi connectivity index (χ0v) is 17.5. The topological polar surface area (TPSA) is 71.2 Å². The number of aromatic nitrogens is 5. The molecule has 7 heteroatoms. The lowest BCUT2D eigenvalue weighted by Gasteiger charge is -2.39. The third-order valence-electron chi connectivity index (χ3n) is 6.15. The van der Waals surface area contributed by atoms with Crippen molar-refractivity contribution in [2.24, 2.45) is 0 Å². The second-order valence-corrected chi connectivity index (χ2v) is 8.15. The molecule has 0 amide bonds. The van der Waals surface area contributed by atoms with Gasteiger partial charge in [-0.25, -0.2) is 9.97 Å². The van der Waals surface area contributed by atoms with Crippen molar-refractivity contribution in [2.45, 2.75) is 45.2 Å². The maximum absolute atomic E-state index is 4.85. The number of anilines is 1. The number of para-hydroxylation sites is 1. The van der Waals surface area contributed by atoms with Crippen LogP contribution in [0.4, 0.5) is 5.95 Å². The van der Waals surface area contributed by atoms with Crippen LogP contribution < -0.4 is 5.32 Å². The third-order valence-corrected chi connectivity index (χ3v) is 6.15. The second-order valence-electron chi connectivity index (χ2n) is 8.15. The quantitative estimate of drug-likeness (QED) is 0.545. The molecule has 1 aliphatic rings. The highest BCUT2D eigenvalue weighted by atomic mass is 15.4. The fraction of sp³-hybridized carbons (Fsp3) is 0.391. The first-order chi connectivity index (χ1) is 14.7. The minimum Gasteiger partial charge on any atom is -0.353 e. The summed E-state index contributed by atoms with van der Waals surface area (Å²) in [6, 6.07) is 13.2. The molecule has 2 atom stereocenters. The lowest BCUT2D eigenvalue weighted by molar-refractivity contribution is 0.109. The van der Waals surface area contributed by atoms with Crippen LogP contribution in [0.3, 0.4) is 0 Å². The van der Waals surface area contributed by atoms with Crippen LogP contribution in [0.15, 0.2) is 48.8 Å². The molecule has 0 aliphatic carbocycles. The molecule has 2 unspecified atom stereocenters. The Balaban J connectivity index is 1.48. The number of hydrogen-bond donors (Lipinski definition) is 1. The molecule has 0 saturated carbocycles. The van der Waals surface area contributed by atoms with Crippen LogP contribution in [0.2, 0.25) is 0 Å². The predicted molar refractivity (Wildman–Crippen MR) is 119 cm³/mol. The number of fused-ring (bicyclic) bond motifs is 3. The zero-order chi connectivity index (χ0) is 20.5. The van der Waals surface area contributed by atoms with Crippen molar-refractivity contribution in [3.8, 4) is 11.4 Å². The molecular weight excluding hydrogens is 374 g/mol. The molecule has 0 radical (unpaired) electrons. The lowest BCUT2D eigenvalue weighted by Crippen LogP contribution is -2.45. The highest BCUT2D eigenvalue weighted by Gasteiger charge is 2.24. The van der Waals surface area contributed by atoms with Gasteiger partial charge in [-0.05, 0) is 51.0 Å². The average molecular weight is 402 g/mol. The Hall–Kier alpha value is -3.06. The normalized spacial score (nSPS) is 20.1. The van der Waals surface area contributed by atoms with E-state index in [0.717, 1.165) is 41.2 Å². The average Bonchev–Trinajstić information content (AvgIpc) is 3.22. The number of nitrogens with one attached hydrogen (secondary N) is 1. The van der Waals surface area contributed by atoms with Gasteiger partial charge in [0.15, 0.2) is 11.5 Å². The van der Waals surface area contributed by atoms with E-state index in [2.05, 4.69) is 29.0 Å². The molecule has 4 aromatic rings. The Labute approximate surface area is 176 Å². The molecule has 1 aliphatic heterocycles. The van der Waals surface area contributed by atoms with Crippen LogP contribution in [-0.4, -0.2) is 54.6 Å². The highest BCUT2D eigenvalue weighted by molar-refractivity contribution is 5.92. The number of benzene rings is 1. The Morgan fingerprint density at radius 1 is 1.00 bits per heavy atom. The summed E-state index contributed by atoms with van der Waals surface area (Å²) in [7, 11) is 0. The molecule has 154 valence electrons. The van der Waals surface area contributed by atoms with Crippen LogP contribution in [0, 0.1) is 0 Å². The van der Waals surface area contributed by atoms with Gasteiger partial charge in [0.25, 0.3) is 0 Å². The summed E-state index contributed by atoms with van der Waals surface area (Å²) in [5.41, 5.74) is 2.68. The van der Waals surface area contributed by atoms with Gasteiger partial charge in [-0.2, -0.15) is 4.52 Å². The molecular formula is C23H27N7. The van der Waals surface area contributed by atoms with E-state index in [9.17, 15) is 0 Å². The Morgan fingerprint density at radius 2 is 1.77 bits per heavy atom. The fourth-order valence-corrected chi connectivity index (χ4v) is 4.51. The summed E-state index contributed by atoms with van der Waals surface area (Å²) < 4.78 is 1.83. The van der Waals surface area contributed by atoms with Gasteiger partial charge < -0.3 is 5.32 Å². The van der Waals surface area contributed by atoms with Crippen LogP contribution in [0.25, 0.3) is 27.9 Å². The van der Waals surface area contributed by atoms with E-state index in [-0.39, 0.29) is 0 Å². The zero-order valence-electron chi connectivity index (χ0n) is 17.5. The van der Waals surface area contributed by atoms with Crippen molar-refractivity contribution in [3.63, 3.8) is 0 Å². The van der Waals surface area contributed by atoms with Gasteiger partial charge >= 0.3 is 0 Å². The molecule has 7 nitrogen and oxygen atoms in total. The largest absolute Gasteiger partial charge is 0.353 e. The number of pyridine rings is 1. The fourth-order valence-electron chi connectivity index (χ4n) is 4.51. The van der Waals surface area contributed by atoms with Crippen LogP contribution in [0.1, 0.15) is 33.1 Å². The maximum Gasteiger partial charge on any atom is 0.226 e. The molecule has 5 rings (SSSR count). The molecule has 0 spiro atoms. The van der Waals surface area contributed by atoms with Crippen LogP contribution >= 0.6 is 0 Å². The molecule has 1 N–H and O–H groups in total. The molecule has 30 heavy (non-hydrogen) atoms. The second kappa shape index (κ2) is 7.99. The standard InChI is InChI=1S/C23H27N7/c1-16-6-5-7-17(2)29(16)15-14-25-23-26-20-9-4-3-8-19(20)22-27-21(28-30(22)23)18-10-12-24-13-11-18/h3-4,8-13,16-17H,5-7,14-15H2,1-2H3,(H,25,26). The van der Waals surface area contributed by atoms with E-state index >= 15 is 0 Å². The van der Waals surface area contributed by atoms with E-state index in [4.69, 9.17) is 15.1 Å². The minimum atomic E-state index is 0.629. The molecule has 3 aromatic heterocycles. The summed E-state index contributed by atoms with van der Waals surface area (Å²) in [6.45, 7) is 6.48. The van der Waals surface area contributed by atoms with Gasteiger partial charge in [-0.1, -0.05) is 18.6 Å². The van der Waals surface area contributed by atoms with E-state index < -0.39 is 0 Å². The smallest absolute Gasteiger partial charge is 0.226 e. The number of hydrogen-bond acceptors (Lipinski definition) is 6. The lowest BCUT2D eigenvalue weighted by atomic mass is 9.98. The minimum absolute atomic E-state index is 0.629. The summed E-state index contributed by atoms with van der Waals surface area (Å²) in [4.78, 5) is 16.4. The van der Waals surface area contributed by atoms with Crippen LogP contribution in [0.5, 0.6) is 0 Å². The third kappa shape index (κ3) is 3.50. The number of likely N-dealkylation sites (tertiary alicyclic amines) is 1. The number of rotatable bonds is 5. The maximum atomic E-state index is 4.85. The monoisotopic (exact) mass is 401 g/mol. The highest BCUT2D eigenvalue weighted by Crippen LogP contribution is 2.25. The Bertz CT molecular complexity index is 1140. The van der Waals surface area contributed by atoms with Crippen LogP contribution in [-0.2, 0) is 0 Å². The van der Waals surface area contributed by atoms with Gasteiger partial charge in [0, 0.05) is 48.5 Å². The SMILES string of the molecule is CC1CCCC(C)N1CCNc1nc2ccccc2c2nc(-c3ccncc3)nn12.